The number of hydrogen-bond donors (Lipinski definition) is 2. The second kappa shape index (κ2) is 1.14. The normalized spacial score (nSPS) is 18.5. The minimum Gasteiger partial charge on any atom is -0.282 e. The molecule has 0 fully saturated rings. The number of nitrogens with one attached hydrogen (secondary N) is 2. The van der Waals surface area contributed by atoms with Crippen LogP contribution in [-0.4, -0.2) is 18.5 Å². The molecular formula is C2H5N4. The smallest absolute Gasteiger partial charge is 0.209 e. The van der Waals surface area contributed by atoms with Crippen molar-refractivity contribution in [1.29, 1.82) is 0 Å². The van der Waals surface area contributed by atoms with Gasteiger partial charge in [-0.15, -0.1) is 10.6 Å². The Morgan fingerprint density at radius 1 is 1.83 bits per heavy atom. The van der Waals surface area contributed by atoms with Gasteiger partial charge in [0.1, 0.15) is 0 Å². The van der Waals surface area contributed by atoms with Crippen molar-refractivity contribution in [2.24, 2.45) is 5.10 Å². The van der Waals surface area contributed by atoms with Gasteiger partial charge < -0.3 is 0 Å². The molecule has 0 unspecified atom stereocenters. The summed E-state index contributed by atoms with van der Waals surface area (Å²) < 4.78 is 0. The van der Waals surface area contributed by atoms with E-state index in [9.17, 15) is 0 Å². The van der Waals surface area contributed by atoms with Gasteiger partial charge in [0, 0.05) is 7.05 Å². The molecule has 0 saturated heterocycles. The van der Waals surface area contributed by atoms with Gasteiger partial charge in [0.05, 0.1) is 0 Å². The first kappa shape index (κ1) is 3.42. The Labute approximate surface area is 35.8 Å². The maximum absolute atomic E-state index is 3.60. The zero-order chi connectivity index (χ0) is 4.41. The Morgan fingerprint density at radius 3 is 2.83 bits per heavy atom. The fraction of sp³-hybridized carbons (Fsp3) is 0.500. The van der Waals surface area contributed by atoms with Crippen LogP contribution >= 0.6 is 0 Å². The van der Waals surface area contributed by atoms with Gasteiger partial charge in [-0.25, -0.2) is 5.12 Å². The van der Waals surface area contributed by atoms with Crippen molar-refractivity contribution in [2.45, 2.75) is 0 Å². The van der Waals surface area contributed by atoms with Crippen molar-refractivity contribution in [1.82, 2.24) is 16.1 Å². The van der Waals surface area contributed by atoms with Crippen LogP contribution in [0, 0.1) is 0 Å². The highest BCUT2D eigenvalue weighted by Crippen LogP contribution is 1.72. The van der Waals surface area contributed by atoms with E-state index in [1.807, 2.05) is 0 Å². The third kappa shape index (κ3) is 0.414. The van der Waals surface area contributed by atoms with Crippen LogP contribution in [0.3, 0.4) is 0 Å². The van der Waals surface area contributed by atoms with Gasteiger partial charge in [0.2, 0.25) is 6.34 Å². The van der Waals surface area contributed by atoms with Crippen LogP contribution in [0.2, 0.25) is 0 Å². The van der Waals surface area contributed by atoms with Crippen molar-refractivity contribution in [3.05, 3.63) is 0 Å². The summed E-state index contributed by atoms with van der Waals surface area (Å²) >= 11 is 0. The molecule has 0 atom stereocenters. The molecule has 0 spiro atoms. The molecule has 1 aliphatic rings. The molecule has 0 aromatic heterocycles. The largest absolute Gasteiger partial charge is 0.282 e. The SMILES string of the molecule is CN1N=[C]NN1. The zero-order valence-corrected chi connectivity index (χ0v) is 3.39. The number of nitrogens with zero attached hydrogens (tertiary/aromatic N) is 2. The van der Waals surface area contributed by atoms with E-state index in [1.54, 1.807) is 7.05 Å². The number of rotatable bonds is 0. The predicted molar refractivity (Wildman–Crippen MR) is 21.5 cm³/mol. The molecule has 0 aromatic rings. The molecule has 6 heavy (non-hydrogen) atoms. The topological polar surface area (TPSA) is 39.7 Å². The lowest BCUT2D eigenvalue weighted by molar-refractivity contribution is 0.259. The molecule has 1 heterocycles. The van der Waals surface area contributed by atoms with Crippen molar-refractivity contribution in [3.63, 3.8) is 0 Å². The molecule has 33 valence electrons. The fourth-order valence-electron chi connectivity index (χ4n) is 0.231. The molecule has 0 bridgehead atoms. The summed E-state index contributed by atoms with van der Waals surface area (Å²) in [6.45, 7) is 0. The summed E-state index contributed by atoms with van der Waals surface area (Å²) in [6.07, 6.45) is 2.46. The first-order valence-electron chi connectivity index (χ1n) is 1.59. The summed E-state index contributed by atoms with van der Waals surface area (Å²) in [5.74, 6) is 0. The van der Waals surface area contributed by atoms with Crippen LogP contribution in [0.25, 0.3) is 0 Å². The highest BCUT2D eigenvalue weighted by molar-refractivity contribution is 5.53. The third-order valence-electron chi connectivity index (χ3n) is 0.474. The summed E-state index contributed by atoms with van der Waals surface area (Å²) in [7, 11) is 1.77. The Balaban J connectivity index is 2.38. The van der Waals surface area contributed by atoms with E-state index in [4.69, 9.17) is 0 Å². The Hall–Kier alpha value is -0.770. The fourth-order valence-corrected chi connectivity index (χ4v) is 0.231. The minimum absolute atomic E-state index is 1.51. The molecule has 2 N–H and O–H groups in total. The van der Waals surface area contributed by atoms with E-state index in [0.717, 1.165) is 0 Å². The summed E-state index contributed by atoms with van der Waals surface area (Å²) in [5.41, 5.74) is 5.16. The van der Waals surface area contributed by atoms with Gasteiger partial charge >= 0.3 is 0 Å². The van der Waals surface area contributed by atoms with Gasteiger partial charge in [-0.05, 0) is 0 Å². The van der Waals surface area contributed by atoms with E-state index in [-0.39, 0.29) is 0 Å². The molecule has 0 aliphatic carbocycles. The molecule has 1 aliphatic heterocycles. The molecule has 1 rings (SSSR count). The maximum Gasteiger partial charge on any atom is 0.209 e. The molecule has 0 amide bonds. The molecule has 1 radical (unpaired) electrons. The van der Waals surface area contributed by atoms with Gasteiger partial charge in [0.15, 0.2) is 0 Å². The molecule has 0 saturated carbocycles. The van der Waals surface area contributed by atoms with E-state index in [0.29, 0.717) is 0 Å². The predicted octanol–water partition coefficient (Wildman–Crippen LogP) is -1.24. The Kier molecular flexibility index (Phi) is 0.648. The lowest BCUT2D eigenvalue weighted by Crippen LogP contribution is -2.33. The van der Waals surface area contributed by atoms with Gasteiger partial charge in [-0.1, -0.05) is 0 Å². The molecule has 4 heteroatoms. The Morgan fingerprint density at radius 2 is 2.67 bits per heavy atom. The second-order valence-corrected chi connectivity index (χ2v) is 0.972. The quantitative estimate of drug-likeness (QED) is 0.386. The minimum atomic E-state index is 1.51. The lowest BCUT2D eigenvalue weighted by atomic mass is 11.4. The van der Waals surface area contributed by atoms with Gasteiger partial charge in [0.25, 0.3) is 0 Å². The summed E-state index contributed by atoms with van der Waals surface area (Å²) in [5, 5.41) is 5.11. The van der Waals surface area contributed by atoms with E-state index >= 15 is 0 Å². The van der Waals surface area contributed by atoms with E-state index < -0.39 is 0 Å². The zero-order valence-electron chi connectivity index (χ0n) is 3.39. The van der Waals surface area contributed by atoms with Crippen molar-refractivity contribution >= 4 is 6.34 Å². The third-order valence-corrected chi connectivity index (χ3v) is 0.474. The monoisotopic (exact) mass is 85.1 g/mol. The molecule has 0 aromatic carbocycles. The summed E-state index contributed by atoms with van der Waals surface area (Å²) in [6, 6.07) is 0. The standard InChI is InChI=1S/C2H5N4/c1-6-4-2-3-5-6/h5H,1H3,(H,3,4). The van der Waals surface area contributed by atoms with Crippen LogP contribution < -0.4 is 11.0 Å². The van der Waals surface area contributed by atoms with Crippen LogP contribution in [0.1, 0.15) is 0 Å². The van der Waals surface area contributed by atoms with E-state index in [1.165, 1.54) is 5.12 Å². The van der Waals surface area contributed by atoms with Gasteiger partial charge in [-0.3, -0.25) is 5.43 Å². The number of hydrazone groups is 1. The number of hydrazine groups is 2. The second-order valence-electron chi connectivity index (χ2n) is 0.972. The first-order chi connectivity index (χ1) is 2.89. The summed E-state index contributed by atoms with van der Waals surface area (Å²) in [4.78, 5) is 0. The average molecular weight is 85.1 g/mol. The van der Waals surface area contributed by atoms with Crippen molar-refractivity contribution in [2.75, 3.05) is 7.05 Å². The Bertz CT molecular complexity index is 67.9. The van der Waals surface area contributed by atoms with Crippen LogP contribution in [0.15, 0.2) is 5.10 Å². The van der Waals surface area contributed by atoms with Crippen LogP contribution in [-0.2, 0) is 0 Å². The van der Waals surface area contributed by atoms with Crippen LogP contribution in [0.4, 0.5) is 0 Å². The average Bonchev–Trinajstić information content (AvgIpc) is 1.86. The first-order valence-corrected chi connectivity index (χ1v) is 1.59. The molecular weight excluding hydrogens is 80.1 g/mol. The maximum atomic E-state index is 3.60. The van der Waals surface area contributed by atoms with Gasteiger partial charge in [-0.2, -0.15) is 0 Å². The highest BCUT2D eigenvalue weighted by Gasteiger charge is 1.91. The van der Waals surface area contributed by atoms with E-state index in [2.05, 4.69) is 22.4 Å². The van der Waals surface area contributed by atoms with Crippen molar-refractivity contribution in [3.8, 4) is 0 Å². The highest BCUT2D eigenvalue weighted by atomic mass is 15.8. The number of hydrogen-bond acceptors (Lipinski definition) is 4. The van der Waals surface area contributed by atoms with Crippen LogP contribution in [0.5, 0.6) is 0 Å². The lowest BCUT2D eigenvalue weighted by Gasteiger charge is -2.01. The van der Waals surface area contributed by atoms with Crippen molar-refractivity contribution < 1.29 is 0 Å². The molecule has 4 nitrogen and oxygen atoms in total.